The average Bonchev–Trinajstić information content (AvgIpc) is 2.46. The smallest absolute Gasteiger partial charge is 0.0341 e. The monoisotopic (exact) mass is 338 g/mol. The van der Waals surface area contributed by atoms with Crippen molar-refractivity contribution in [2.75, 3.05) is 11.9 Å². The molecule has 0 heterocycles. The maximum absolute atomic E-state index is 12.6. The molecule has 2 nitrogen and oxygen atoms in total. The van der Waals surface area contributed by atoms with Gasteiger partial charge in [-0.3, -0.25) is 0 Å². The highest BCUT2D eigenvalue weighted by Gasteiger charge is 2.17. The molecule has 2 rings (SSSR count). The minimum Gasteiger partial charge on any atom is -0.871 e. The highest BCUT2D eigenvalue weighted by molar-refractivity contribution is 9.09. The predicted molar refractivity (Wildman–Crippen MR) is 87.8 cm³/mol. The zero-order chi connectivity index (χ0) is 14.5. The molecule has 3 heteroatoms. The fourth-order valence-corrected chi connectivity index (χ4v) is 3.03. The Morgan fingerprint density at radius 1 is 1.25 bits per heavy atom. The Balaban J connectivity index is 2.06. The average molecular weight is 339 g/mol. The van der Waals surface area contributed by atoms with Crippen molar-refractivity contribution in [2.24, 2.45) is 5.92 Å². The number of hydrogen-bond acceptors (Lipinski definition) is 2. The summed E-state index contributed by atoms with van der Waals surface area (Å²) in [6.45, 7) is 5.15. The summed E-state index contributed by atoms with van der Waals surface area (Å²) in [5.74, 6) is 1.24. The molecule has 0 radical (unpaired) electrons. The summed E-state index contributed by atoms with van der Waals surface area (Å²) in [5, 5.41) is 15.9. The van der Waals surface area contributed by atoms with E-state index in [9.17, 15) is 5.11 Å². The van der Waals surface area contributed by atoms with Crippen LogP contribution in [0.15, 0.2) is 18.2 Å². The van der Waals surface area contributed by atoms with Crippen molar-refractivity contribution >= 4 is 21.6 Å². The number of benzene rings is 1. The summed E-state index contributed by atoms with van der Waals surface area (Å²) in [7, 11) is 0. The van der Waals surface area contributed by atoms with Crippen LogP contribution in [0.5, 0.6) is 5.75 Å². The van der Waals surface area contributed by atoms with Crippen LogP contribution in [0.4, 0.5) is 5.69 Å². The fourth-order valence-electron chi connectivity index (χ4n) is 2.87. The van der Waals surface area contributed by atoms with E-state index in [0.717, 1.165) is 17.8 Å². The van der Waals surface area contributed by atoms with E-state index in [2.05, 4.69) is 35.1 Å². The first-order valence-corrected chi connectivity index (χ1v) is 8.69. The van der Waals surface area contributed by atoms with Gasteiger partial charge in [-0.15, -0.1) is 0 Å². The van der Waals surface area contributed by atoms with Gasteiger partial charge in [0, 0.05) is 17.1 Å². The van der Waals surface area contributed by atoms with Crippen LogP contribution < -0.4 is 10.4 Å². The van der Waals surface area contributed by atoms with E-state index in [4.69, 9.17) is 0 Å². The molecule has 1 aliphatic rings. The molecule has 0 spiro atoms. The molecule has 0 aromatic heterocycles. The lowest BCUT2D eigenvalue weighted by molar-refractivity contribution is -0.268. The Labute approximate surface area is 131 Å². The normalized spacial score (nSPS) is 18.2. The molecular formula is C17H25BrNO-. The number of hydrogen-bond donors (Lipinski definition) is 1. The van der Waals surface area contributed by atoms with Gasteiger partial charge in [-0.05, 0) is 30.7 Å². The molecule has 1 aromatic rings. The molecule has 1 aromatic carbocycles. The summed E-state index contributed by atoms with van der Waals surface area (Å²) in [5.41, 5.74) is 1.78. The van der Waals surface area contributed by atoms with Crippen molar-refractivity contribution in [3.63, 3.8) is 0 Å². The number of para-hydroxylation sites is 1. The Morgan fingerprint density at radius 2 is 1.95 bits per heavy atom. The number of anilines is 1. The quantitative estimate of drug-likeness (QED) is 0.793. The van der Waals surface area contributed by atoms with Gasteiger partial charge < -0.3 is 10.4 Å². The fraction of sp³-hybridized carbons (Fsp3) is 0.647. The van der Waals surface area contributed by atoms with Crippen LogP contribution in [-0.4, -0.2) is 11.4 Å². The highest BCUT2D eigenvalue weighted by atomic mass is 79.9. The van der Waals surface area contributed by atoms with E-state index >= 15 is 0 Å². The maximum atomic E-state index is 12.6. The van der Waals surface area contributed by atoms with Gasteiger partial charge >= 0.3 is 0 Å². The summed E-state index contributed by atoms with van der Waals surface area (Å²) >= 11 is 3.65. The van der Waals surface area contributed by atoms with E-state index < -0.39 is 0 Å². The van der Waals surface area contributed by atoms with Gasteiger partial charge in [0.05, 0.1) is 0 Å². The number of halogens is 1. The van der Waals surface area contributed by atoms with E-state index in [1.807, 2.05) is 18.2 Å². The minimum atomic E-state index is 0.211. The first kappa shape index (κ1) is 15.7. The van der Waals surface area contributed by atoms with E-state index in [-0.39, 0.29) is 5.75 Å². The Bertz CT molecular complexity index is 427. The van der Waals surface area contributed by atoms with Crippen molar-refractivity contribution in [3.8, 4) is 5.75 Å². The van der Waals surface area contributed by atoms with Gasteiger partial charge in [-0.2, -0.15) is 0 Å². The second-order valence-corrected chi connectivity index (χ2v) is 7.38. The van der Waals surface area contributed by atoms with Crippen molar-refractivity contribution < 1.29 is 5.11 Å². The molecule has 1 N–H and O–H groups in total. The molecule has 1 atom stereocenters. The van der Waals surface area contributed by atoms with Crippen LogP contribution >= 0.6 is 15.9 Å². The molecule has 1 unspecified atom stereocenters. The van der Waals surface area contributed by atoms with Crippen molar-refractivity contribution in [2.45, 2.75) is 56.7 Å². The van der Waals surface area contributed by atoms with Crippen molar-refractivity contribution in [3.05, 3.63) is 23.8 Å². The standard InChI is InChI=1S/C17H26BrNO/c1-12(2)15(18)11-19-16-10-6-9-14(17(16)20)13-7-4-3-5-8-13/h6,9-10,12-13,15,19-20H,3-5,7-8,11H2,1-2H3/p-1. The molecule has 1 fully saturated rings. The Kier molecular flexibility index (Phi) is 5.76. The first-order valence-electron chi connectivity index (χ1n) is 7.77. The van der Waals surface area contributed by atoms with E-state index in [1.54, 1.807) is 0 Å². The number of rotatable bonds is 5. The minimum absolute atomic E-state index is 0.211. The summed E-state index contributed by atoms with van der Waals surface area (Å²) < 4.78 is 0. The zero-order valence-electron chi connectivity index (χ0n) is 12.5. The van der Waals surface area contributed by atoms with Crippen molar-refractivity contribution in [1.82, 2.24) is 0 Å². The summed E-state index contributed by atoms with van der Waals surface area (Å²) in [6.07, 6.45) is 6.19. The van der Waals surface area contributed by atoms with Gasteiger partial charge in [0.2, 0.25) is 0 Å². The maximum Gasteiger partial charge on any atom is 0.0341 e. The van der Waals surface area contributed by atoms with Gasteiger partial charge in [0.1, 0.15) is 0 Å². The third kappa shape index (κ3) is 3.91. The largest absolute Gasteiger partial charge is 0.871 e. The molecule has 112 valence electrons. The van der Waals surface area contributed by atoms with Crippen LogP contribution in [0.3, 0.4) is 0 Å². The highest BCUT2D eigenvalue weighted by Crippen LogP contribution is 2.38. The molecule has 0 aliphatic heterocycles. The van der Waals surface area contributed by atoms with Gasteiger partial charge in [0.15, 0.2) is 0 Å². The number of alkyl halides is 1. The molecular weight excluding hydrogens is 314 g/mol. The summed E-state index contributed by atoms with van der Waals surface area (Å²) in [4.78, 5) is 0.389. The van der Waals surface area contributed by atoms with Gasteiger partial charge in [0.25, 0.3) is 0 Å². The second kappa shape index (κ2) is 7.35. The lowest BCUT2D eigenvalue weighted by Gasteiger charge is -2.29. The van der Waals surface area contributed by atoms with Crippen LogP contribution in [0.2, 0.25) is 0 Å². The third-order valence-corrected chi connectivity index (χ3v) is 5.68. The summed E-state index contributed by atoms with van der Waals surface area (Å²) in [6, 6.07) is 5.96. The van der Waals surface area contributed by atoms with Gasteiger partial charge in [-0.1, -0.05) is 72.5 Å². The molecule has 0 saturated heterocycles. The SMILES string of the molecule is CC(C)C(Br)CNc1cccc(C2CCCCC2)c1[O-]. The van der Waals surface area contributed by atoms with Gasteiger partial charge in [-0.25, -0.2) is 0 Å². The zero-order valence-corrected chi connectivity index (χ0v) is 14.1. The molecule has 0 bridgehead atoms. The first-order chi connectivity index (χ1) is 9.59. The van der Waals surface area contributed by atoms with E-state index in [0.29, 0.717) is 16.7 Å². The molecule has 1 aliphatic carbocycles. The molecule has 0 amide bonds. The lowest BCUT2D eigenvalue weighted by atomic mass is 9.83. The second-order valence-electron chi connectivity index (χ2n) is 6.20. The van der Waals surface area contributed by atoms with E-state index in [1.165, 1.54) is 32.1 Å². The van der Waals surface area contributed by atoms with Crippen LogP contribution in [0.1, 0.15) is 57.4 Å². The third-order valence-electron chi connectivity index (χ3n) is 4.30. The van der Waals surface area contributed by atoms with Crippen LogP contribution in [0, 0.1) is 5.92 Å². The molecule has 1 saturated carbocycles. The Morgan fingerprint density at radius 3 is 2.60 bits per heavy atom. The number of nitrogens with one attached hydrogen (secondary N) is 1. The predicted octanol–water partition coefficient (Wildman–Crippen LogP) is 4.64. The van der Waals surface area contributed by atoms with Crippen LogP contribution in [0.25, 0.3) is 0 Å². The van der Waals surface area contributed by atoms with Crippen LogP contribution in [-0.2, 0) is 0 Å². The Hall–Kier alpha value is -0.700. The topological polar surface area (TPSA) is 35.1 Å². The van der Waals surface area contributed by atoms with Crippen molar-refractivity contribution in [1.29, 1.82) is 0 Å². The molecule has 20 heavy (non-hydrogen) atoms. The lowest BCUT2D eigenvalue weighted by Crippen LogP contribution is -2.20.